The van der Waals surface area contributed by atoms with Gasteiger partial charge in [-0.05, 0) is 30.5 Å². The molecule has 6 heteroatoms. The third kappa shape index (κ3) is 3.16. The van der Waals surface area contributed by atoms with Gasteiger partial charge in [-0.25, -0.2) is 4.98 Å². The van der Waals surface area contributed by atoms with Crippen LogP contribution in [0, 0.1) is 17.8 Å². The average molecular weight is 390 g/mol. The molecule has 2 aliphatic heterocycles. The fourth-order valence-corrected chi connectivity index (χ4v) is 5.14. The Morgan fingerprint density at radius 1 is 0.966 bits per heavy atom. The second-order valence-corrected chi connectivity index (χ2v) is 8.56. The number of nitrogens with zero attached hydrogens (tertiary/aromatic N) is 3. The van der Waals surface area contributed by atoms with Gasteiger partial charge in [-0.15, -0.1) is 0 Å². The van der Waals surface area contributed by atoms with Crippen LogP contribution in [0.1, 0.15) is 41.4 Å². The number of carbonyl (C=O) groups is 2. The van der Waals surface area contributed by atoms with Crippen molar-refractivity contribution < 1.29 is 9.59 Å². The molecule has 1 aromatic carbocycles. The molecular formula is C23H26N4O2. The summed E-state index contributed by atoms with van der Waals surface area (Å²) in [6, 6.07) is 15.5. The molecule has 3 atom stereocenters. The lowest BCUT2D eigenvalue weighted by atomic mass is 9.83. The highest BCUT2D eigenvalue weighted by Gasteiger charge is 2.51. The highest BCUT2D eigenvalue weighted by molar-refractivity contribution is 5.93. The van der Waals surface area contributed by atoms with Crippen molar-refractivity contribution in [2.24, 2.45) is 17.8 Å². The Balaban J connectivity index is 1.40. The van der Waals surface area contributed by atoms with Gasteiger partial charge in [0.1, 0.15) is 11.5 Å². The molecule has 150 valence electrons. The predicted molar refractivity (Wildman–Crippen MR) is 110 cm³/mol. The van der Waals surface area contributed by atoms with Gasteiger partial charge in [0.05, 0.1) is 6.04 Å². The van der Waals surface area contributed by atoms with Crippen LogP contribution >= 0.6 is 0 Å². The number of hydrogen-bond acceptors (Lipinski definition) is 4. The Labute approximate surface area is 170 Å². The van der Waals surface area contributed by atoms with Gasteiger partial charge in [0, 0.05) is 37.4 Å². The van der Waals surface area contributed by atoms with Crippen molar-refractivity contribution in [1.82, 2.24) is 14.8 Å². The minimum absolute atomic E-state index is 0.0425. The van der Waals surface area contributed by atoms with E-state index in [1.165, 1.54) is 5.56 Å². The largest absolute Gasteiger partial charge is 0.384 e. The number of likely N-dealkylation sites (tertiary alicyclic amines) is 2. The minimum atomic E-state index is -0.0737. The van der Waals surface area contributed by atoms with Crippen LogP contribution in [-0.4, -0.2) is 46.2 Å². The summed E-state index contributed by atoms with van der Waals surface area (Å²) in [5.74, 6) is 1.33. The van der Waals surface area contributed by atoms with Crippen LogP contribution in [-0.2, 0) is 4.79 Å². The lowest BCUT2D eigenvalue weighted by Crippen LogP contribution is -2.41. The second-order valence-electron chi connectivity index (χ2n) is 8.56. The Kier molecular flexibility index (Phi) is 4.49. The summed E-state index contributed by atoms with van der Waals surface area (Å²) in [6.45, 7) is 2.04. The monoisotopic (exact) mass is 390 g/mol. The number of fused-ring (bicyclic) bond motifs is 1. The molecule has 29 heavy (non-hydrogen) atoms. The molecule has 0 unspecified atom stereocenters. The molecular weight excluding hydrogens is 364 g/mol. The van der Waals surface area contributed by atoms with Crippen molar-refractivity contribution in [3.05, 3.63) is 59.8 Å². The second kappa shape index (κ2) is 7.17. The zero-order valence-electron chi connectivity index (χ0n) is 16.4. The molecule has 0 radical (unpaired) electrons. The number of hydrogen-bond donors (Lipinski definition) is 1. The number of anilines is 1. The van der Waals surface area contributed by atoms with Gasteiger partial charge in [-0.1, -0.05) is 42.8 Å². The topological polar surface area (TPSA) is 79.5 Å². The maximum Gasteiger partial charge on any atom is 0.272 e. The van der Waals surface area contributed by atoms with E-state index in [-0.39, 0.29) is 23.8 Å². The first-order valence-corrected chi connectivity index (χ1v) is 10.5. The van der Waals surface area contributed by atoms with Gasteiger partial charge in [0.25, 0.3) is 5.91 Å². The first-order chi connectivity index (χ1) is 14.1. The fourth-order valence-electron chi connectivity index (χ4n) is 5.14. The first kappa shape index (κ1) is 18.2. The summed E-state index contributed by atoms with van der Waals surface area (Å²) in [4.78, 5) is 34.3. The third-order valence-electron chi connectivity index (χ3n) is 6.82. The number of nitrogen functional groups attached to an aromatic ring is 1. The summed E-state index contributed by atoms with van der Waals surface area (Å²) in [5.41, 5.74) is 7.32. The lowest BCUT2D eigenvalue weighted by Gasteiger charge is -2.35. The van der Waals surface area contributed by atoms with Gasteiger partial charge in [-0.3, -0.25) is 9.59 Å². The molecule has 1 aromatic heterocycles. The molecule has 2 amide bonds. The van der Waals surface area contributed by atoms with E-state index in [1.54, 1.807) is 18.2 Å². The average Bonchev–Trinajstić information content (AvgIpc) is 3.24. The maximum absolute atomic E-state index is 13.1. The number of carbonyl (C=O) groups excluding carboxylic acids is 2. The van der Waals surface area contributed by atoms with E-state index in [4.69, 9.17) is 5.73 Å². The Morgan fingerprint density at radius 2 is 1.76 bits per heavy atom. The Bertz CT molecular complexity index is 927. The van der Waals surface area contributed by atoms with Crippen molar-refractivity contribution in [1.29, 1.82) is 0 Å². The van der Waals surface area contributed by atoms with E-state index < -0.39 is 0 Å². The van der Waals surface area contributed by atoms with Gasteiger partial charge in [-0.2, -0.15) is 0 Å². The molecule has 1 saturated carbocycles. The summed E-state index contributed by atoms with van der Waals surface area (Å²) in [6.07, 6.45) is 3.18. The van der Waals surface area contributed by atoms with Gasteiger partial charge in [0.2, 0.25) is 5.91 Å². The lowest BCUT2D eigenvalue weighted by molar-refractivity contribution is -0.139. The molecule has 6 nitrogen and oxygen atoms in total. The van der Waals surface area contributed by atoms with Crippen LogP contribution in [0.15, 0.2) is 48.5 Å². The number of rotatable bonds is 3. The fraction of sp³-hybridized carbons (Fsp3) is 0.435. The van der Waals surface area contributed by atoms with Crippen molar-refractivity contribution in [3.8, 4) is 0 Å². The quantitative estimate of drug-likeness (QED) is 0.874. The van der Waals surface area contributed by atoms with E-state index in [0.717, 1.165) is 25.8 Å². The molecule has 5 rings (SSSR count). The van der Waals surface area contributed by atoms with E-state index in [1.807, 2.05) is 23.1 Å². The highest BCUT2D eigenvalue weighted by Crippen LogP contribution is 2.46. The normalized spacial score (nSPS) is 26.3. The van der Waals surface area contributed by atoms with Crippen LogP contribution in [0.4, 0.5) is 5.82 Å². The van der Waals surface area contributed by atoms with Gasteiger partial charge >= 0.3 is 0 Å². The highest BCUT2D eigenvalue weighted by atomic mass is 16.2. The first-order valence-electron chi connectivity index (χ1n) is 10.5. The number of pyridine rings is 1. The van der Waals surface area contributed by atoms with Gasteiger partial charge in [0.15, 0.2) is 0 Å². The molecule has 3 aliphatic rings. The van der Waals surface area contributed by atoms with E-state index in [2.05, 4.69) is 22.0 Å². The predicted octanol–water partition coefficient (Wildman–Crippen LogP) is 2.74. The summed E-state index contributed by atoms with van der Waals surface area (Å²) < 4.78 is 0. The van der Waals surface area contributed by atoms with Crippen LogP contribution < -0.4 is 5.73 Å². The summed E-state index contributed by atoms with van der Waals surface area (Å²) >= 11 is 0. The van der Waals surface area contributed by atoms with Crippen LogP contribution in [0.3, 0.4) is 0 Å². The minimum Gasteiger partial charge on any atom is -0.384 e. The smallest absolute Gasteiger partial charge is 0.272 e. The molecule has 2 saturated heterocycles. The molecule has 0 spiro atoms. The summed E-state index contributed by atoms with van der Waals surface area (Å²) in [7, 11) is 0. The number of amides is 2. The molecule has 2 N–H and O–H groups in total. The zero-order chi connectivity index (χ0) is 20.0. The Morgan fingerprint density at radius 3 is 2.45 bits per heavy atom. The molecule has 3 fully saturated rings. The standard InChI is InChI=1S/C23H26N4O2/c24-20-11-5-10-19(25-20)23(29)26-12-17-13-27(22(28)16-8-4-9-16)21(18(17)14-26)15-6-2-1-3-7-15/h1-3,5-7,10-11,16-18,21H,4,8-9,12-14H2,(H2,24,25)/t17-,18-,21+/m0/s1. The van der Waals surface area contributed by atoms with Crippen LogP contribution in [0.2, 0.25) is 0 Å². The van der Waals surface area contributed by atoms with Crippen molar-refractivity contribution >= 4 is 17.6 Å². The number of nitrogens with two attached hydrogens (primary N) is 1. The third-order valence-corrected chi connectivity index (χ3v) is 6.82. The van der Waals surface area contributed by atoms with Crippen molar-refractivity contribution in [3.63, 3.8) is 0 Å². The number of benzene rings is 1. The molecule has 1 aliphatic carbocycles. The van der Waals surface area contributed by atoms with Crippen molar-refractivity contribution in [2.75, 3.05) is 25.4 Å². The van der Waals surface area contributed by atoms with E-state index >= 15 is 0 Å². The molecule has 2 aromatic rings. The Hall–Kier alpha value is -2.89. The maximum atomic E-state index is 13.1. The molecule has 3 heterocycles. The van der Waals surface area contributed by atoms with Crippen LogP contribution in [0.5, 0.6) is 0 Å². The van der Waals surface area contributed by atoms with Crippen molar-refractivity contribution in [2.45, 2.75) is 25.3 Å². The zero-order valence-corrected chi connectivity index (χ0v) is 16.4. The van der Waals surface area contributed by atoms with E-state index in [9.17, 15) is 9.59 Å². The van der Waals surface area contributed by atoms with Gasteiger partial charge < -0.3 is 15.5 Å². The summed E-state index contributed by atoms with van der Waals surface area (Å²) in [5, 5.41) is 0. The molecule has 0 bridgehead atoms. The SMILES string of the molecule is Nc1cccc(C(=O)N2C[C@H]3CN(C(=O)C4CCC4)[C@H](c4ccccc4)[C@H]3C2)n1. The number of aromatic nitrogens is 1. The van der Waals surface area contributed by atoms with E-state index in [0.29, 0.717) is 36.4 Å². The van der Waals surface area contributed by atoms with Crippen LogP contribution in [0.25, 0.3) is 0 Å².